The fraction of sp³-hybridized carbons (Fsp3) is 0.100. The van der Waals surface area contributed by atoms with Crippen LogP contribution in [0.15, 0.2) is 12.1 Å². The van der Waals surface area contributed by atoms with Gasteiger partial charge in [0.1, 0.15) is 5.82 Å². The molecule has 0 unspecified atom stereocenters. The van der Waals surface area contributed by atoms with Crippen LogP contribution in [0.3, 0.4) is 0 Å². The molecule has 0 aliphatic carbocycles. The summed E-state index contributed by atoms with van der Waals surface area (Å²) in [6, 6.07) is 2.80. The van der Waals surface area contributed by atoms with Crippen LogP contribution in [0.5, 0.6) is 0 Å². The van der Waals surface area contributed by atoms with Crippen molar-refractivity contribution in [3.05, 3.63) is 39.4 Å². The van der Waals surface area contributed by atoms with E-state index in [-0.39, 0.29) is 12.0 Å². The predicted octanol–water partition coefficient (Wildman–Crippen LogP) is 2.14. The highest BCUT2D eigenvalue weighted by Crippen LogP contribution is 2.20. The van der Waals surface area contributed by atoms with Gasteiger partial charge in [-0.2, -0.15) is 9.65 Å². The van der Waals surface area contributed by atoms with Crippen LogP contribution >= 0.6 is 0 Å². The van der Waals surface area contributed by atoms with Gasteiger partial charge in [-0.1, -0.05) is 11.8 Å². The van der Waals surface area contributed by atoms with Gasteiger partial charge >= 0.3 is 5.69 Å². The Morgan fingerprint density at radius 1 is 1.38 bits per heavy atom. The van der Waals surface area contributed by atoms with Gasteiger partial charge in [0.2, 0.25) is 5.82 Å². The molecule has 0 aromatic heterocycles. The molecule has 1 rings (SSSR count). The van der Waals surface area contributed by atoms with Crippen LogP contribution in [0.25, 0.3) is 0 Å². The van der Waals surface area contributed by atoms with Gasteiger partial charge < -0.3 is 0 Å². The van der Waals surface area contributed by atoms with E-state index in [1.807, 2.05) is 0 Å². The highest BCUT2D eigenvalue weighted by molar-refractivity contribution is 5.43. The molecular formula is C10H4F2N2O2. The largest absolute Gasteiger partial charge is 0.307 e. The van der Waals surface area contributed by atoms with E-state index in [2.05, 4.69) is 11.8 Å². The van der Waals surface area contributed by atoms with Crippen LogP contribution in [-0.2, 0) is 0 Å². The molecule has 0 saturated heterocycles. The molecular weight excluding hydrogens is 218 g/mol. The Labute approximate surface area is 89.3 Å². The second-order valence-electron chi connectivity index (χ2n) is 2.68. The van der Waals surface area contributed by atoms with E-state index in [4.69, 9.17) is 5.26 Å². The van der Waals surface area contributed by atoms with Crippen LogP contribution < -0.4 is 0 Å². The van der Waals surface area contributed by atoms with Gasteiger partial charge in [-0.25, -0.2) is 4.39 Å². The summed E-state index contributed by atoms with van der Waals surface area (Å²) in [6.45, 7) is 0. The first-order valence-electron chi connectivity index (χ1n) is 4.05. The fourth-order valence-electron chi connectivity index (χ4n) is 0.951. The first-order chi connectivity index (χ1) is 7.56. The average molecular weight is 222 g/mol. The molecule has 1 aromatic rings. The van der Waals surface area contributed by atoms with Gasteiger partial charge in [-0.05, 0) is 6.07 Å². The zero-order chi connectivity index (χ0) is 12.1. The smallest absolute Gasteiger partial charge is 0.258 e. The number of nitrogens with zero attached hydrogens (tertiary/aromatic N) is 2. The van der Waals surface area contributed by atoms with Crippen LogP contribution in [-0.4, -0.2) is 4.92 Å². The lowest BCUT2D eigenvalue weighted by atomic mass is 10.2. The number of nitro benzene ring substituents is 1. The van der Waals surface area contributed by atoms with Gasteiger partial charge in [-0.3, -0.25) is 10.1 Å². The normalized spacial score (nSPS) is 8.81. The Morgan fingerprint density at radius 2 is 2.06 bits per heavy atom. The van der Waals surface area contributed by atoms with E-state index >= 15 is 0 Å². The number of nitriles is 1. The van der Waals surface area contributed by atoms with Crippen molar-refractivity contribution >= 4 is 5.69 Å². The monoisotopic (exact) mass is 222 g/mol. The maximum absolute atomic E-state index is 13.2. The Hall–Kier alpha value is -2.47. The highest BCUT2D eigenvalue weighted by Gasteiger charge is 2.17. The molecule has 0 radical (unpaired) electrons. The molecule has 4 nitrogen and oxygen atoms in total. The topological polar surface area (TPSA) is 66.9 Å². The lowest BCUT2D eigenvalue weighted by molar-refractivity contribution is -0.387. The summed E-state index contributed by atoms with van der Waals surface area (Å²) < 4.78 is 26.2. The minimum atomic E-state index is -1.16. The molecule has 0 aliphatic heterocycles. The summed E-state index contributed by atoms with van der Waals surface area (Å²) in [5.74, 6) is 2.34. The molecule has 1 aromatic carbocycles. The molecule has 0 saturated carbocycles. The lowest BCUT2D eigenvalue weighted by Gasteiger charge is -1.96. The predicted molar refractivity (Wildman–Crippen MR) is 50.1 cm³/mol. The molecule has 80 valence electrons. The summed E-state index contributed by atoms with van der Waals surface area (Å²) in [5.41, 5.74) is -1.25. The van der Waals surface area contributed by atoms with E-state index in [9.17, 15) is 18.9 Å². The van der Waals surface area contributed by atoms with Gasteiger partial charge in [-0.15, -0.1) is 0 Å². The molecule has 16 heavy (non-hydrogen) atoms. The Bertz CT molecular complexity index is 538. The van der Waals surface area contributed by atoms with Crippen molar-refractivity contribution in [1.82, 2.24) is 0 Å². The van der Waals surface area contributed by atoms with Crippen molar-refractivity contribution in [3.63, 3.8) is 0 Å². The molecule has 0 N–H and O–H groups in total. The SMILES string of the molecule is N#CCC#Cc1cc(F)c([N+](=O)[O-])cc1F. The highest BCUT2D eigenvalue weighted by atomic mass is 19.1. The number of benzene rings is 1. The third-order valence-electron chi connectivity index (χ3n) is 1.62. The lowest BCUT2D eigenvalue weighted by Crippen LogP contribution is -1.96. The third kappa shape index (κ3) is 2.52. The van der Waals surface area contributed by atoms with Crippen LogP contribution in [0, 0.1) is 44.9 Å². The van der Waals surface area contributed by atoms with Gasteiger partial charge in [0, 0.05) is 0 Å². The van der Waals surface area contributed by atoms with E-state index in [1.165, 1.54) is 0 Å². The molecule has 0 atom stereocenters. The second-order valence-corrected chi connectivity index (χ2v) is 2.68. The molecule has 0 aliphatic rings. The fourth-order valence-corrected chi connectivity index (χ4v) is 0.951. The number of nitro groups is 1. The molecule has 0 spiro atoms. The Kier molecular flexibility index (Phi) is 3.52. The average Bonchev–Trinajstić information content (AvgIpc) is 2.22. The van der Waals surface area contributed by atoms with Crippen molar-refractivity contribution in [2.45, 2.75) is 6.42 Å². The zero-order valence-corrected chi connectivity index (χ0v) is 7.83. The van der Waals surface area contributed by atoms with Gasteiger partial charge in [0.25, 0.3) is 0 Å². The van der Waals surface area contributed by atoms with Gasteiger partial charge in [0.15, 0.2) is 0 Å². The van der Waals surface area contributed by atoms with Crippen LogP contribution in [0.2, 0.25) is 0 Å². The summed E-state index contributed by atoms with van der Waals surface area (Å²) in [6.07, 6.45) is -0.127. The van der Waals surface area contributed by atoms with E-state index < -0.39 is 22.2 Å². The van der Waals surface area contributed by atoms with Crippen molar-refractivity contribution in [2.75, 3.05) is 0 Å². The third-order valence-corrected chi connectivity index (χ3v) is 1.62. The number of rotatable bonds is 1. The first-order valence-corrected chi connectivity index (χ1v) is 4.05. The van der Waals surface area contributed by atoms with E-state index in [0.29, 0.717) is 12.1 Å². The van der Waals surface area contributed by atoms with Crippen molar-refractivity contribution in [2.24, 2.45) is 0 Å². The molecule has 0 fully saturated rings. The van der Waals surface area contributed by atoms with Crippen molar-refractivity contribution < 1.29 is 13.7 Å². The standard InChI is InChI=1S/C10H4F2N2O2/c11-8-6-10(14(15)16)9(12)5-7(8)3-1-2-4-13/h5-6H,2H2. The van der Waals surface area contributed by atoms with E-state index in [0.717, 1.165) is 0 Å². The molecule has 0 amide bonds. The maximum atomic E-state index is 13.2. The maximum Gasteiger partial charge on any atom is 0.307 e. The number of hydrogen-bond donors (Lipinski definition) is 0. The van der Waals surface area contributed by atoms with Gasteiger partial charge in [0.05, 0.1) is 29.0 Å². The summed E-state index contributed by atoms with van der Waals surface area (Å²) in [4.78, 5) is 9.24. The number of halogens is 2. The number of hydrogen-bond acceptors (Lipinski definition) is 3. The molecule has 0 heterocycles. The first kappa shape index (κ1) is 11.6. The summed E-state index contributed by atoms with van der Waals surface area (Å²) in [5, 5.41) is 18.4. The summed E-state index contributed by atoms with van der Waals surface area (Å²) >= 11 is 0. The molecule has 0 bridgehead atoms. The second kappa shape index (κ2) is 4.85. The van der Waals surface area contributed by atoms with Crippen molar-refractivity contribution in [1.29, 1.82) is 5.26 Å². The quantitative estimate of drug-likeness (QED) is 0.415. The van der Waals surface area contributed by atoms with Crippen molar-refractivity contribution in [3.8, 4) is 17.9 Å². The van der Waals surface area contributed by atoms with Crippen LogP contribution in [0.4, 0.5) is 14.5 Å². The molecule has 6 heteroatoms. The minimum Gasteiger partial charge on any atom is -0.258 e. The van der Waals surface area contributed by atoms with E-state index in [1.54, 1.807) is 6.07 Å². The van der Waals surface area contributed by atoms with Crippen LogP contribution in [0.1, 0.15) is 12.0 Å². The minimum absolute atomic E-state index is 0.127. The Balaban J connectivity index is 3.18. The Morgan fingerprint density at radius 3 is 2.62 bits per heavy atom. The summed E-state index contributed by atoms with van der Waals surface area (Å²) in [7, 11) is 0. The zero-order valence-electron chi connectivity index (χ0n) is 7.83.